The first kappa shape index (κ1) is 20.6. The molecule has 0 unspecified atom stereocenters. The molecule has 152 valence electrons. The number of hydrogen-bond donors (Lipinski definition) is 2. The average molecular weight is 394 g/mol. The van der Waals surface area contributed by atoms with E-state index in [2.05, 4.69) is 10.6 Å². The lowest BCUT2D eigenvalue weighted by Crippen LogP contribution is -2.46. The van der Waals surface area contributed by atoms with Crippen LogP contribution in [0.1, 0.15) is 46.9 Å². The van der Waals surface area contributed by atoms with Gasteiger partial charge in [0.2, 0.25) is 0 Å². The minimum atomic E-state index is -0.735. The van der Waals surface area contributed by atoms with E-state index in [9.17, 15) is 14.4 Å². The second kappa shape index (κ2) is 9.87. The van der Waals surface area contributed by atoms with Crippen molar-refractivity contribution in [2.24, 2.45) is 5.92 Å². The van der Waals surface area contributed by atoms with E-state index in [0.717, 1.165) is 12.8 Å². The van der Waals surface area contributed by atoms with Gasteiger partial charge in [-0.25, -0.2) is 4.79 Å². The van der Waals surface area contributed by atoms with Crippen LogP contribution in [0.25, 0.3) is 0 Å². The maximum absolute atomic E-state index is 12.6. The second-order valence-electron chi connectivity index (χ2n) is 7.18. The first-order valence-electron chi connectivity index (χ1n) is 9.97. The van der Waals surface area contributed by atoms with E-state index in [0.29, 0.717) is 17.5 Å². The Hall–Kier alpha value is -3.15. The SMILES string of the molecule is CCOC(=O)[C@H](NC(=O)c1ccccc1)[C@@H]1CC[C@H](NC(=O)c2ccccc2)C1. The van der Waals surface area contributed by atoms with Gasteiger partial charge in [-0.1, -0.05) is 36.4 Å². The molecule has 0 aromatic heterocycles. The molecule has 0 radical (unpaired) electrons. The third-order valence-corrected chi connectivity index (χ3v) is 5.18. The van der Waals surface area contributed by atoms with Crippen LogP contribution < -0.4 is 10.6 Å². The summed E-state index contributed by atoms with van der Waals surface area (Å²) < 4.78 is 5.20. The first-order chi connectivity index (χ1) is 14.1. The zero-order chi connectivity index (χ0) is 20.6. The maximum atomic E-state index is 12.6. The molecule has 1 saturated carbocycles. The van der Waals surface area contributed by atoms with E-state index in [1.807, 2.05) is 24.3 Å². The Morgan fingerprint density at radius 3 is 2.10 bits per heavy atom. The monoisotopic (exact) mass is 394 g/mol. The number of esters is 1. The van der Waals surface area contributed by atoms with E-state index in [1.165, 1.54) is 0 Å². The van der Waals surface area contributed by atoms with Crippen molar-refractivity contribution >= 4 is 17.8 Å². The van der Waals surface area contributed by atoms with Crippen LogP contribution in [0, 0.1) is 5.92 Å². The molecule has 0 saturated heterocycles. The van der Waals surface area contributed by atoms with Gasteiger partial charge in [-0.3, -0.25) is 9.59 Å². The molecule has 0 heterocycles. The van der Waals surface area contributed by atoms with Crippen molar-refractivity contribution in [2.45, 2.75) is 38.3 Å². The summed E-state index contributed by atoms with van der Waals surface area (Å²) in [6, 6.07) is 17.1. The van der Waals surface area contributed by atoms with Crippen LogP contribution in [0.15, 0.2) is 60.7 Å². The number of rotatable bonds is 7. The molecule has 0 aliphatic heterocycles. The van der Waals surface area contributed by atoms with Gasteiger partial charge in [0.15, 0.2) is 0 Å². The predicted octanol–water partition coefficient (Wildman–Crippen LogP) is 2.95. The fourth-order valence-electron chi connectivity index (χ4n) is 3.72. The summed E-state index contributed by atoms with van der Waals surface area (Å²) in [7, 11) is 0. The van der Waals surface area contributed by atoms with Crippen LogP contribution in [-0.4, -0.2) is 36.5 Å². The van der Waals surface area contributed by atoms with E-state index in [-0.39, 0.29) is 30.4 Å². The van der Waals surface area contributed by atoms with Crippen molar-refractivity contribution in [3.8, 4) is 0 Å². The molecule has 2 N–H and O–H groups in total. The molecule has 2 aromatic carbocycles. The average Bonchev–Trinajstić information content (AvgIpc) is 3.21. The highest BCUT2D eigenvalue weighted by atomic mass is 16.5. The van der Waals surface area contributed by atoms with Gasteiger partial charge in [-0.15, -0.1) is 0 Å². The number of carbonyl (C=O) groups excluding carboxylic acids is 3. The summed E-state index contributed by atoms with van der Waals surface area (Å²) in [5.74, 6) is -0.961. The molecule has 0 spiro atoms. The molecule has 6 heteroatoms. The van der Waals surface area contributed by atoms with Crippen molar-refractivity contribution in [1.29, 1.82) is 0 Å². The fourth-order valence-corrected chi connectivity index (χ4v) is 3.72. The zero-order valence-corrected chi connectivity index (χ0v) is 16.5. The number of nitrogens with one attached hydrogen (secondary N) is 2. The van der Waals surface area contributed by atoms with Crippen LogP contribution in [0.5, 0.6) is 0 Å². The molecule has 0 bridgehead atoms. The van der Waals surface area contributed by atoms with Gasteiger partial charge in [0.1, 0.15) is 6.04 Å². The van der Waals surface area contributed by atoms with Gasteiger partial charge < -0.3 is 15.4 Å². The van der Waals surface area contributed by atoms with Gasteiger partial charge in [0.05, 0.1) is 6.61 Å². The fraction of sp³-hybridized carbons (Fsp3) is 0.348. The Labute approximate surface area is 170 Å². The summed E-state index contributed by atoms with van der Waals surface area (Å²) in [4.78, 5) is 37.5. The molecule has 2 amide bonds. The van der Waals surface area contributed by atoms with Crippen molar-refractivity contribution in [2.75, 3.05) is 6.61 Å². The van der Waals surface area contributed by atoms with Crippen LogP contribution in [0.4, 0.5) is 0 Å². The number of carbonyl (C=O) groups is 3. The molecule has 29 heavy (non-hydrogen) atoms. The molecule has 3 rings (SSSR count). The smallest absolute Gasteiger partial charge is 0.328 e. The Balaban J connectivity index is 1.64. The lowest BCUT2D eigenvalue weighted by molar-refractivity contribution is -0.146. The van der Waals surface area contributed by atoms with E-state index in [4.69, 9.17) is 4.74 Å². The maximum Gasteiger partial charge on any atom is 0.328 e. The van der Waals surface area contributed by atoms with Gasteiger partial charge in [-0.05, 0) is 56.4 Å². The van der Waals surface area contributed by atoms with E-state index >= 15 is 0 Å². The number of amides is 2. The standard InChI is InChI=1S/C23H26N2O4/c1-2-29-23(28)20(25-22(27)17-11-7-4-8-12-17)18-13-14-19(15-18)24-21(26)16-9-5-3-6-10-16/h3-12,18-20H,2,13-15H2,1H3,(H,24,26)(H,25,27)/t18-,19+,20-/m1/s1. The molecule has 6 nitrogen and oxygen atoms in total. The Bertz CT molecular complexity index is 838. The molecule has 3 atom stereocenters. The largest absolute Gasteiger partial charge is 0.464 e. The van der Waals surface area contributed by atoms with Crippen LogP contribution >= 0.6 is 0 Å². The van der Waals surface area contributed by atoms with Crippen molar-refractivity contribution in [3.63, 3.8) is 0 Å². The summed E-state index contributed by atoms with van der Waals surface area (Å²) >= 11 is 0. The Morgan fingerprint density at radius 1 is 0.931 bits per heavy atom. The highest BCUT2D eigenvalue weighted by Crippen LogP contribution is 2.29. The quantitative estimate of drug-likeness (QED) is 0.707. The van der Waals surface area contributed by atoms with Crippen LogP contribution in [-0.2, 0) is 9.53 Å². The molecule has 1 fully saturated rings. The third-order valence-electron chi connectivity index (χ3n) is 5.18. The normalized spacial score (nSPS) is 19.2. The Morgan fingerprint density at radius 2 is 1.52 bits per heavy atom. The first-order valence-corrected chi connectivity index (χ1v) is 9.97. The summed E-state index contributed by atoms with van der Waals surface area (Å²) in [5, 5.41) is 5.87. The highest BCUT2D eigenvalue weighted by Gasteiger charge is 2.37. The van der Waals surface area contributed by atoms with Crippen molar-refractivity contribution in [3.05, 3.63) is 71.8 Å². The van der Waals surface area contributed by atoms with E-state index < -0.39 is 12.0 Å². The van der Waals surface area contributed by atoms with Crippen molar-refractivity contribution in [1.82, 2.24) is 10.6 Å². The van der Waals surface area contributed by atoms with Crippen LogP contribution in [0.2, 0.25) is 0 Å². The lowest BCUT2D eigenvalue weighted by Gasteiger charge is -2.23. The predicted molar refractivity (Wildman–Crippen MR) is 109 cm³/mol. The lowest BCUT2D eigenvalue weighted by atomic mass is 9.97. The zero-order valence-electron chi connectivity index (χ0n) is 16.5. The third kappa shape index (κ3) is 5.44. The van der Waals surface area contributed by atoms with Crippen molar-refractivity contribution < 1.29 is 19.1 Å². The number of ether oxygens (including phenoxy) is 1. The molecular weight excluding hydrogens is 368 g/mol. The molecule has 1 aliphatic rings. The molecular formula is C23H26N2O4. The molecule has 1 aliphatic carbocycles. The second-order valence-corrected chi connectivity index (χ2v) is 7.18. The van der Waals surface area contributed by atoms with Gasteiger partial charge >= 0.3 is 5.97 Å². The minimum absolute atomic E-state index is 0.0433. The van der Waals surface area contributed by atoms with E-state index in [1.54, 1.807) is 43.3 Å². The number of hydrogen-bond acceptors (Lipinski definition) is 4. The Kier molecular flexibility index (Phi) is 7.00. The number of benzene rings is 2. The molecule has 2 aromatic rings. The highest BCUT2D eigenvalue weighted by molar-refractivity contribution is 5.97. The summed E-state index contributed by atoms with van der Waals surface area (Å²) in [5.41, 5.74) is 1.10. The van der Waals surface area contributed by atoms with Gasteiger partial charge in [-0.2, -0.15) is 0 Å². The summed E-state index contributed by atoms with van der Waals surface area (Å²) in [6.07, 6.45) is 2.08. The van der Waals surface area contributed by atoms with Gasteiger partial charge in [0.25, 0.3) is 11.8 Å². The van der Waals surface area contributed by atoms with Gasteiger partial charge in [0, 0.05) is 17.2 Å². The van der Waals surface area contributed by atoms with Crippen LogP contribution in [0.3, 0.4) is 0 Å². The summed E-state index contributed by atoms with van der Waals surface area (Å²) in [6.45, 7) is 1.99. The minimum Gasteiger partial charge on any atom is -0.464 e. The topological polar surface area (TPSA) is 84.5 Å².